The molecule has 3 rings (SSSR count). The van der Waals surface area contributed by atoms with Crippen molar-refractivity contribution in [1.82, 2.24) is 9.80 Å². The Labute approximate surface area is 199 Å². The number of thiocarbonyl (C=S) groups is 1. The number of rotatable bonds is 7. The second kappa shape index (κ2) is 10.2. The summed E-state index contributed by atoms with van der Waals surface area (Å²) in [6.45, 7) is -0.129. The summed E-state index contributed by atoms with van der Waals surface area (Å²) in [5.41, 5.74) is 0.867. The average Bonchev–Trinajstić information content (AvgIpc) is 3.02. The Kier molecular flexibility index (Phi) is 7.55. The van der Waals surface area contributed by atoms with Crippen LogP contribution in [0.25, 0.3) is 6.08 Å². The highest BCUT2D eigenvalue weighted by Gasteiger charge is 2.32. The Morgan fingerprint density at radius 1 is 1.19 bits per heavy atom. The number of halogens is 1. The number of likely N-dealkylation sites (N-methyl/N-ethyl adjacent to an activating group) is 1. The highest BCUT2D eigenvalue weighted by atomic mass is 35.5. The molecule has 1 aliphatic heterocycles. The fourth-order valence-corrected chi connectivity index (χ4v) is 4.41. The first kappa shape index (κ1) is 23.8. The lowest BCUT2D eigenvalue weighted by Crippen LogP contribution is -2.36. The molecule has 0 radical (unpaired) electrons. The van der Waals surface area contributed by atoms with Crippen LogP contribution >= 0.6 is 35.6 Å². The normalized spacial score (nSPS) is 14.8. The molecule has 166 valence electrons. The molecule has 1 fully saturated rings. The molecule has 2 amide bonds. The van der Waals surface area contributed by atoms with Crippen LogP contribution in [0.15, 0.2) is 47.4 Å². The van der Waals surface area contributed by atoms with Crippen molar-refractivity contribution >= 4 is 63.6 Å². The number of phenols is 2. The fraction of sp³-hybridized carbons (Fsp3) is 0.182. The van der Waals surface area contributed by atoms with Gasteiger partial charge in [0, 0.05) is 30.6 Å². The summed E-state index contributed by atoms with van der Waals surface area (Å²) in [5, 5.41) is 19.4. The second-order valence-corrected chi connectivity index (χ2v) is 9.06. The van der Waals surface area contributed by atoms with Crippen LogP contribution in [-0.2, 0) is 9.59 Å². The molecule has 10 heteroatoms. The third-order valence-electron chi connectivity index (χ3n) is 4.72. The maximum absolute atomic E-state index is 12.7. The van der Waals surface area contributed by atoms with Crippen LogP contribution in [0.5, 0.6) is 11.5 Å². The van der Waals surface area contributed by atoms with Crippen molar-refractivity contribution in [3.63, 3.8) is 0 Å². The van der Waals surface area contributed by atoms with Crippen molar-refractivity contribution in [1.29, 1.82) is 0 Å². The molecule has 0 aromatic heterocycles. The lowest BCUT2D eigenvalue weighted by molar-refractivity contribution is -0.130. The molecule has 1 heterocycles. The monoisotopic (exact) mass is 490 g/mol. The minimum atomic E-state index is -0.413. The molecule has 1 aliphatic rings. The van der Waals surface area contributed by atoms with Gasteiger partial charge in [0.1, 0.15) is 4.32 Å². The van der Waals surface area contributed by atoms with Crippen molar-refractivity contribution < 1.29 is 24.6 Å². The van der Waals surface area contributed by atoms with E-state index < -0.39 is 11.5 Å². The number of nitrogens with zero attached hydrogens (tertiary/aromatic N) is 2. The van der Waals surface area contributed by atoms with Crippen molar-refractivity contribution in [3.8, 4) is 11.5 Å². The first-order chi connectivity index (χ1) is 15.2. The van der Waals surface area contributed by atoms with E-state index in [0.717, 1.165) is 17.8 Å². The maximum atomic E-state index is 12.7. The van der Waals surface area contributed by atoms with E-state index in [1.165, 1.54) is 29.0 Å². The molecule has 0 atom stereocenters. The molecular weight excluding hydrogens is 472 g/mol. The van der Waals surface area contributed by atoms with Gasteiger partial charge in [0.2, 0.25) is 5.91 Å². The molecule has 2 aromatic rings. The van der Waals surface area contributed by atoms with Gasteiger partial charge in [0.25, 0.3) is 5.91 Å². The zero-order valence-electron chi connectivity index (χ0n) is 16.9. The topological polar surface area (TPSA) is 98.2 Å². The number of Topliss-reactive ketones (excluding diaryl/α,β-unsaturated/α-hetero) is 1. The van der Waals surface area contributed by atoms with Gasteiger partial charge in [-0.15, -0.1) is 0 Å². The number of carbonyl (C=O) groups is 3. The summed E-state index contributed by atoms with van der Waals surface area (Å²) in [4.78, 5) is 40.6. The summed E-state index contributed by atoms with van der Waals surface area (Å²) < 4.78 is 0.347. The van der Waals surface area contributed by atoms with Crippen molar-refractivity contribution in [2.24, 2.45) is 0 Å². The van der Waals surface area contributed by atoms with E-state index in [1.807, 2.05) is 6.07 Å². The molecule has 0 spiro atoms. The van der Waals surface area contributed by atoms with Crippen LogP contribution in [0.1, 0.15) is 22.3 Å². The highest BCUT2D eigenvalue weighted by Crippen LogP contribution is 2.33. The second-order valence-electron chi connectivity index (χ2n) is 6.98. The van der Waals surface area contributed by atoms with Gasteiger partial charge in [0.05, 0.1) is 11.4 Å². The van der Waals surface area contributed by atoms with Gasteiger partial charge < -0.3 is 15.1 Å². The Balaban J connectivity index is 1.58. The highest BCUT2D eigenvalue weighted by molar-refractivity contribution is 8.26. The van der Waals surface area contributed by atoms with Crippen LogP contribution in [0.2, 0.25) is 5.02 Å². The van der Waals surface area contributed by atoms with Gasteiger partial charge in [-0.1, -0.05) is 53.8 Å². The lowest BCUT2D eigenvalue weighted by atomic mass is 10.1. The van der Waals surface area contributed by atoms with Crippen molar-refractivity contribution in [2.45, 2.75) is 6.42 Å². The smallest absolute Gasteiger partial charge is 0.266 e. The zero-order valence-corrected chi connectivity index (χ0v) is 19.3. The van der Waals surface area contributed by atoms with Gasteiger partial charge >= 0.3 is 0 Å². The Bertz CT molecular complexity index is 1140. The van der Waals surface area contributed by atoms with Gasteiger partial charge in [-0.25, -0.2) is 0 Å². The minimum Gasteiger partial charge on any atom is -0.504 e. The number of aromatic hydroxyl groups is 2. The van der Waals surface area contributed by atoms with E-state index in [2.05, 4.69) is 0 Å². The minimum absolute atomic E-state index is 0.0174. The van der Waals surface area contributed by atoms with E-state index in [0.29, 0.717) is 19.8 Å². The van der Waals surface area contributed by atoms with Gasteiger partial charge in [-0.3, -0.25) is 19.3 Å². The van der Waals surface area contributed by atoms with Crippen LogP contribution in [0, 0.1) is 0 Å². The molecular formula is C22H19ClN2O5S2. The van der Waals surface area contributed by atoms with Crippen LogP contribution in [-0.4, -0.2) is 62.1 Å². The van der Waals surface area contributed by atoms with E-state index in [4.69, 9.17) is 23.8 Å². The van der Waals surface area contributed by atoms with Gasteiger partial charge in [-0.2, -0.15) is 0 Å². The zero-order chi connectivity index (χ0) is 23.4. The average molecular weight is 491 g/mol. The van der Waals surface area contributed by atoms with Crippen LogP contribution in [0.4, 0.5) is 0 Å². The molecule has 0 bridgehead atoms. The van der Waals surface area contributed by atoms with Crippen molar-refractivity contribution in [3.05, 3.63) is 63.5 Å². The fourth-order valence-electron chi connectivity index (χ4n) is 2.92. The third-order valence-corrected chi connectivity index (χ3v) is 6.44. The Morgan fingerprint density at radius 3 is 2.59 bits per heavy atom. The predicted molar refractivity (Wildman–Crippen MR) is 128 cm³/mol. The molecule has 2 aromatic carbocycles. The third kappa shape index (κ3) is 5.48. The van der Waals surface area contributed by atoms with E-state index in [1.54, 1.807) is 24.3 Å². The largest absolute Gasteiger partial charge is 0.504 e. The molecule has 0 unspecified atom stereocenters. The Hall–Kier alpha value is -2.88. The first-order valence-corrected chi connectivity index (χ1v) is 11.1. The molecule has 0 aliphatic carbocycles. The van der Waals surface area contributed by atoms with E-state index >= 15 is 0 Å². The van der Waals surface area contributed by atoms with E-state index in [9.17, 15) is 24.6 Å². The van der Waals surface area contributed by atoms with Crippen LogP contribution < -0.4 is 0 Å². The summed E-state index contributed by atoms with van der Waals surface area (Å²) in [5.74, 6) is -1.79. The molecule has 32 heavy (non-hydrogen) atoms. The summed E-state index contributed by atoms with van der Waals surface area (Å²) >= 11 is 12.6. The van der Waals surface area contributed by atoms with Crippen LogP contribution in [0.3, 0.4) is 0 Å². The Morgan fingerprint density at radius 2 is 1.91 bits per heavy atom. The van der Waals surface area contributed by atoms with E-state index in [-0.39, 0.29) is 42.6 Å². The number of hydrogen-bond acceptors (Lipinski definition) is 7. The SMILES string of the molecule is CN(CC(=O)c1ccc(O)c(O)c1)C(=O)CCN1C(=O)/C(=C/c2ccccc2Cl)SC1=S. The number of hydrogen-bond donors (Lipinski definition) is 2. The number of ketones is 1. The standard InChI is InChI=1S/C22H19ClN2O5S2/c1-24(12-18(28)14-6-7-16(26)17(27)10-14)20(29)8-9-25-21(30)19(32-22(25)31)11-13-4-2-3-5-15(13)23/h2-7,10-11,26-27H,8-9,12H2,1H3/b19-11-. The first-order valence-electron chi connectivity index (χ1n) is 9.46. The summed E-state index contributed by atoms with van der Waals surface area (Å²) in [7, 11) is 1.47. The quantitative estimate of drug-likeness (QED) is 0.264. The number of phenolic OH excluding ortho intramolecular Hbond substituents is 2. The lowest BCUT2D eigenvalue weighted by Gasteiger charge is -2.19. The predicted octanol–water partition coefficient (Wildman–Crippen LogP) is 3.68. The molecule has 0 saturated carbocycles. The number of benzene rings is 2. The van der Waals surface area contributed by atoms with Crippen molar-refractivity contribution in [2.75, 3.05) is 20.1 Å². The summed E-state index contributed by atoms with van der Waals surface area (Å²) in [6.07, 6.45) is 1.65. The molecule has 2 N–H and O–H groups in total. The maximum Gasteiger partial charge on any atom is 0.266 e. The molecule has 7 nitrogen and oxygen atoms in total. The number of thioether (sulfide) groups is 1. The number of amides is 2. The van der Waals surface area contributed by atoms with Gasteiger partial charge in [-0.05, 0) is 35.9 Å². The van der Waals surface area contributed by atoms with Gasteiger partial charge in [0.15, 0.2) is 17.3 Å². The summed E-state index contributed by atoms with van der Waals surface area (Å²) in [6, 6.07) is 10.8. The molecule has 1 saturated heterocycles. The number of carbonyl (C=O) groups excluding carboxylic acids is 3.